The first-order valence-corrected chi connectivity index (χ1v) is 2.79. The Balaban J connectivity index is 0. The predicted octanol–water partition coefficient (Wildman–Crippen LogP) is -0.360. The zero-order valence-corrected chi connectivity index (χ0v) is 6.94. The largest absolute Gasteiger partial charge is 0.448 e. The van der Waals surface area contributed by atoms with E-state index in [4.69, 9.17) is 0 Å². The quantitative estimate of drug-likeness (QED) is 0.537. The number of rotatable bonds is 0. The van der Waals surface area contributed by atoms with Gasteiger partial charge in [-0.3, -0.25) is 4.79 Å². The minimum Gasteiger partial charge on any atom is -0.448 e. The van der Waals surface area contributed by atoms with Crippen molar-refractivity contribution in [3.05, 3.63) is 0 Å². The highest BCUT2D eigenvalue weighted by Gasteiger charge is 2.06. The van der Waals surface area contributed by atoms with Crippen LogP contribution in [0.5, 0.6) is 0 Å². The summed E-state index contributed by atoms with van der Waals surface area (Å²) in [4.78, 5) is 19.1. The van der Waals surface area contributed by atoms with Gasteiger partial charge in [-0.2, -0.15) is 0 Å². The van der Waals surface area contributed by atoms with Gasteiger partial charge < -0.3 is 15.8 Å². The molecule has 0 aromatic heterocycles. The van der Waals surface area contributed by atoms with Crippen molar-refractivity contribution in [2.24, 2.45) is 5.73 Å². The molecule has 0 aromatic carbocycles. The molecule has 0 aliphatic carbocycles. The van der Waals surface area contributed by atoms with E-state index < -0.39 is 0 Å². The second-order valence-corrected chi connectivity index (χ2v) is 1.67. The molecule has 1 aliphatic heterocycles. The standard InChI is InChI=1S/C3H5NO2.C2H5NO.ClH/c5-3-4-1-2-6-3;1-2(3)4;/h1-2H2,(H,4,5);1H3,(H2,3,4);1H. The Morgan fingerprint density at radius 1 is 1.73 bits per heavy atom. The van der Waals surface area contributed by atoms with E-state index in [2.05, 4.69) is 15.8 Å². The predicted molar refractivity (Wildman–Crippen MR) is 41.5 cm³/mol. The van der Waals surface area contributed by atoms with Crippen LogP contribution in [0.25, 0.3) is 0 Å². The fourth-order valence-corrected chi connectivity index (χ4v) is 0.348. The Morgan fingerprint density at radius 2 is 2.18 bits per heavy atom. The van der Waals surface area contributed by atoms with E-state index in [9.17, 15) is 9.59 Å². The summed E-state index contributed by atoms with van der Waals surface area (Å²) in [5.74, 6) is -0.333. The van der Waals surface area contributed by atoms with Crippen molar-refractivity contribution < 1.29 is 14.3 Å². The van der Waals surface area contributed by atoms with E-state index in [1.165, 1.54) is 6.92 Å². The molecule has 0 radical (unpaired) electrons. The molecule has 0 unspecified atom stereocenters. The summed E-state index contributed by atoms with van der Waals surface area (Å²) >= 11 is 0. The topological polar surface area (TPSA) is 81.4 Å². The number of nitrogens with two attached hydrogens (primary N) is 1. The highest BCUT2D eigenvalue weighted by Crippen LogP contribution is 1.82. The second kappa shape index (κ2) is 7.14. The number of hydrogen-bond acceptors (Lipinski definition) is 3. The van der Waals surface area contributed by atoms with Crippen LogP contribution < -0.4 is 11.1 Å². The third-order valence-electron chi connectivity index (χ3n) is 0.605. The molecule has 2 amide bonds. The van der Waals surface area contributed by atoms with E-state index in [-0.39, 0.29) is 24.4 Å². The zero-order valence-electron chi connectivity index (χ0n) is 6.12. The minimum absolute atomic E-state index is 0. The highest BCUT2D eigenvalue weighted by molar-refractivity contribution is 5.85. The van der Waals surface area contributed by atoms with E-state index in [1.807, 2.05) is 0 Å². The maximum atomic E-state index is 9.91. The molecule has 1 rings (SSSR count). The minimum atomic E-state index is -0.333. The lowest BCUT2D eigenvalue weighted by atomic mass is 10.7. The molecule has 66 valence electrons. The van der Waals surface area contributed by atoms with Crippen LogP contribution in [-0.4, -0.2) is 25.2 Å². The molecule has 0 atom stereocenters. The van der Waals surface area contributed by atoms with Crippen molar-refractivity contribution in [3.8, 4) is 0 Å². The summed E-state index contributed by atoms with van der Waals surface area (Å²) in [6.45, 7) is 2.50. The molecule has 0 spiro atoms. The lowest BCUT2D eigenvalue weighted by Crippen LogP contribution is -2.11. The van der Waals surface area contributed by atoms with Crippen LogP contribution in [0.4, 0.5) is 4.79 Å². The van der Waals surface area contributed by atoms with Crippen molar-refractivity contribution in [1.82, 2.24) is 5.32 Å². The van der Waals surface area contributed by atoms with Crippen LogP contribution >= 0.6 is 12.4 Å². The number of nitrogens with one attached hydrogen (secondary N) is 1. The number of ether oxygens (including phenoxy) is 1. The zero-order chi connectivity index (χ0) is 7.98. The van der Waals surface area contributed by atoms with Crippen LogP contribution in [0.3, 0.4) is 0 Å². The van der Waals surface area contributed by atoms with Crippen molar-refractivity contribution in [2.45, 2.75) is 6.92 Å². The fourth-order valence-electron chi connectivity index (χ4n) is 0.348. The highest BCUT2D eigenvalue weighted by atomic mass is 35.5. The van der Waals surface area contributed by atoms with Gasteiger partial charge in [0.2, 0.25) is 5.91 Å². The molecule has 0 aromatic rings. The first-order valence-electron chi connectivity index (χ1n) is 2.79. The van der Waals surface area contributed by atoms with Gasteiger partial charge in [-0.05, 0) is 0 Å². The van der Waals surface area contributed by atoms with Crippen LogP contribution in [0.15, 0.2) is 0 Å². The molecule has 0 saturated carbocycles. The number of alkyl carbamates (subject to hydrolysis) is 1. The Hall–Kier alpha value is -0.970. The van der Waals surface area contributed by atoms with E-state index >= 15 is 0 Å². The summed E-state index contributed by atoms with van der Waals surface area (Å²) < 4.78 is 4.40. The summed E-state index contributed by atoms with van der Waals surface area (Å²) in [6.07, 6.45) is -0.296. The van der Waals surface area contributed by atoms with Gasteiger partial charge in [-0.25, -0.2) is 4.79 Å². The summed E-state index contributed by atoms with van der Waals surface area (Å²) in [7, 11) is 0. The Morgan fingerprint density at radius 3 is 2.27 bits per heavy atom. The molecule has 6 heteroatoms. The van der Waals surface area contributed by atoms with Crippen LogP contribution in [0.2, 0.25) is 0 Å². The second-order valence-electron chi connectivity index (χ2n) is 1.67. The van der Waals surface area contributed by atoms with Gasteiger partial charge >= 0.3 is 6.09 Å². The summed E-state index contributed by atoms with van der Waals surface area (Å²) in [5, 5.41) is 2.46. The Kier molecular flexibility index (Phi) is 8.23. The number of carbonyl (C=O) groups is 2. The van der Waals surface area contributed by atoms with Crippen LogP contribution in [-0.2, 0) is 9.53 Å². The first kappa shape index (κ1) is 12.7. The maximum absolute atomic E-state index is 9.91. The molecule has 3 N–H and O–H groups in total. The number of hydrogen-bond donors (Lipinski definition) is 2. The van der Waals surface area contributed by atoms with Crippen molar-refractivity contribution in [1.29, 1.82) is 0 Å². The number of primary amides is 1. The van der Waals surface area contributed by atoms with Gasteiger partial charge in [0.25, 0.3) is 0 Å². The number of amides is 2. The van der Waals surface area contributed by atoms with Gasteiger partial charge in [-0.1, -0.05) is 0 Å². The average molecular weight is 183 g/mol. The maximum Gasteiger partial charge on any atom is 0.407 e. The van der Waals surface area contributed by atoms with E-state index in [0.717, 1.165) is 0 Å². The molecule has 1 heterocycles. The molecular weight excluding hydrogens is 172 g/mol. The molecule has 5 nitrogen and oxygen atoms in total. The normalized spacial score (nSPS) is 13.0. The Labute approximate surface area is 70.7 Å². The molecule has 1 saturated heterocycles. The monoisotopic (exact) mass is 182 g/mol. The van der Waals surface area contributed by atoms with Crippen molar-refractivity contribution >= 4 is 24.4 Å². The lowest BCUT2D eigenvalue weighted by Gasteiger charge is -1.80. The molecule has 11 heavy (non-hydrogen) atoms. The SMILES string of the molecule is CC(N)=O.Cl.O=C1NCCO1. The summed E-state index contributed by atoms with van der Waals surface area (Å²) in [5.41, 5.74) is 4.47. The van der Waals surface area contributed by atoms with E-state index in [0.29, 0.717) is 13.2 Å². The van der Waals surface area contributed by atoms with Gasteiger partial charge in [0, 0.05) is 6.92 Å². The number of halogens is 1. The third-order valence-corrected chi connectivity index (χ3v) is 0.605. The molecule has 1 aliphatic rings. The lowest BCUT2D eigenvalue weighted by molar-refractivity contribution is -0.115. The molecule has 1 fully saturated rings. The number of cyclic esters (lactones) is 1. The Bertz CT molecular complexity index is 128. The average Bonchev–Trinajstić information content (AvgIpc) is 2.15. The first-order chi connectivity index (χ1) is 4.63. The number of carbonyl (C=O) groups excluding carboxylic acids is 2. The van der Waals surface area contributed by atoms with Crippen LogP contribution in [0.1, 0.15) is 6.92 Å². The van der Waals surface area contributed by atoms with E-state index in [1.54, 1.807) is 0 Å². The third kappa shape index (κ3) is 12.3. The van der Waals surface area contributed by atoms with Gasteiger partial charge in [0.15, 0.2) is 0 Å². The van der Waals surface area contributed by atoms with Crippen LogP contribution in [0, 0.1) is 0 Å². The van der Waals surface area contributed by atoms with Crippen molar-refractivity contribution in [2.75, 3.05) is 13.2 Å². The smallest absolute Gasteiger partial charge is 0.407 e. The summed E-state index contributed by atoms with van der Waals surface area (Å²) in [6, 6.07) is 0. The van der Waals surface area contributed by atoms with Gasteiger partial charge in [-0.15, -0.1) is 12.4 Å². The van der Waals surface area contributed by atoms with Gasteiger partial charge in [0.1, 0.15) is 6.61 Å². The van der Waals surface area contributed by atoms with Crippen molar-refractivity contribution in [3.63, 3.8) is 0 Å². The molecule has 0 bridgehead atoms. The fraction of sp³-hybridized carbons (Fsp3) is 0.600. The van der Waals surface area contributed by atoms with Gasteiger partial charge in [0.05, 0.1) is 6.54 Å². The molecular formula is C5H11ClN2O3.